The lowest BCUT2D eigenvalue weighted by molar-refractivity contribution is -0.226. The van der Waals surface area contributed by atoms with Crippen molar-refractivity contribution in [2.75, 3.05) is 52.3 Å². The highest BCUT2D eigenvalue weighted by Crippen LogP contribution is 2.69. The topological polar surface area (TPSA) is 217 Å². The molecule has 4 aliphatic rings. The molecule has 16 heteroatoms. The Morgan fingerprint density at radius 1 is 0.830 bits per heavy atom. The molecule has 0 heterocycles. The number of hydrogen-bond donors (Lipinski definition) is 0. The predicted octanol–water partition coefficient (Wildman–Crippen LogP) is 7.34. The van der Waals surface area contributed by atoms with Gasteiger partial charge in [0.1, 0.15) is 0 Å². The van der Waals surface area contributed by atoms with Crippen molar-refractivity contribution in [1.82, 2.24) is 0 Å². The molecule has 0 spiro atoms. The Labute approximate surface area is 278 Å². The molecule has 0 aromatic heterocycles. The molecule has 0 unspecified atom stereocenters. The van der Waals surface area contributed by atoms with Crippen molar-refractivity contribution in [3.63, 3.8) is 0 Å². The first-order valence-electron chi connectivity index (χ1n) is 17.2. The van der Waals surface area contributed by atoms with Crippen molar-refractivity contribution < 1.29 is 26.8 Å². The molecule has 264 valence electrons. The Balaban J connectivity index is 1.62. The van der Waals surface area contributed by atoms with Crippen LogP contribution in [0.5, 0.6) is 0 Å². The summed E-state index contributed by atoms with van der Waals surface area (Å²) in [5.74, 6) is 2.11. The Morgan fingerprint density at radius 3 is 2.11 bits per heavy atom. The zero-order valence-corrected chi connectivity index (χ0v) is 29.2. The van der Waals surface area contributed by atoms with Gasteiger partial charge in [-0.1, -0.05) is 36.1 Å². The highest BCUT2D eigenvalue weighted by Gasteiger charge is 2.66. The van der Waals surface area contributed by atoms with Gasteiger partial charge >= 0.3 is 0 Å². The molecule has 4 aliphatic carbocycles. The maximum Gasteiger partial charge on any atom is 0.264 e. The SMILES string of the molecule is C[C@@H](CCCOS(C)(=O)=O)[C@H]1CC[C@H]2[C@@H]3[C@H](OCCN=[N+]=[N-])C[C@@H]4C[C@H](OCCN=[N+]=[N-])CC[C@]4(C)[C@H]3C[C@H](OCCN=[N+]=[N-])[C@]12C. The zero-order valence-electron chi connectivity index (χ0n) is 28.4. The van der Waals surface area contributed by atoms with Gasteiger partial charge in [0.15, 0.2) is 0 Å². The third-order valence-corrected chi connectivity index (χ3v) is 12.9. The Bertz CT molecular complexity index is 1300. The molecule has 0 aromatic rings. The first kappa shape index (κ1) is 37.5. The molecule has 0 amide bonds. The van der Waals surface area contributed by atoms with E-state index in [-0.39, 0.29) is 42.3 Å². The van der Waals surface area contributed by atoms with Gasteiger partial charge in [-0.2, -0.15) is 8.42 Å². The molecule has 0 saturated heterocycles. The van der Waals surface area contributed by atoms with E-state index in [2.05, 4.69) is 50.8 Å². The van der Waals surface area contributed by atoms with Crippen LogP contribution in [0.1, 0.15) is 78.6 Å². The van der Waals surface area contributed by atoms with Crippen LogP contribution in [0.4, 0.5) is 0 Å². The van der Waals surface area contributed by atoms with Gasteiger partial charge in [0.05, 0.1) is 51.0 Å². The molecule has 0 N–H and O–H groups in total. The molecule has 4 fully saturated rings. The molecule has 4 saturated carbocycles. The van der Waals surface area contributed by atoms with Crippen molar-refractivity contribution in [1.29, 1.82) is 0 Å². The monoisotopic (exact) mass is 679 g/mol. The summed E-state index contributed by atoms with van der Waals surface area (Å²) in [6.07, 6.45) is 9.53. The highest BCUT2D eigenvalue weighted by atomic mass is 32.2. The second-order valence-electron chi connectivity index (χ2n) is 14.6. The molecule has 11 atom stereocenters. The number of hydrogen-bond acceptors (Lipinski definition) is 9. The maximum absolute atomic E-state index is 11.5. The Hall–Kier alpha value is -2.28. The largest absolute Gasteiger partial charge is 0.378 e. The minimum atomic E-state index is -3.47. The summed E-state index contributed by atoms with van der Waals surface area (Å²) < 4.78 is 47.7. The quantitative estimate of drug-likeness (QED) is 0.0474. The van der Waals surface area contributed by atoms with Crippen molar-refractivity contribution in [3.8, 4) is 0 Å². The summed E-state index contributed by atoms with van der Waals surface area (Å²) in [6, 6.07) is 0. The summed E-state index contributed by atoms with van der Waals surface area (Å²) >= 11 is 0. The van der Waals surface area contributed by atoms with Crippen LogP contribution in [0.25, 0.3) is 31.3 Å². The Kier molecular flexibility index (Phi) is 13.5. The van der Waals surface area contributed by atoms with Crippen molar-refractivity contribution in [3.05, 3.63) is 31.3 Å². The van der Waals surface area contributed by atoms with E-state index in [0.29, 0.717) is 74.8 Å². The lowest BCUT2D eigenvalue weighted by Crippen LogP contribution is -2.63. The average Bonchev–Trinajstić information content (AvgIpc) is 3.39. The van der Waals surface area contributed by atoms with Crippen LogP contribution < -0.4 is 0 Å². The van der Waals surface area contributed by atoms with Gasteiger partial charge in [-0.25, -0.2) is 0 Å². The summed E-state index contributed by atoms with van der Waals surface area (Å²) in [7, 11) is -3.47. The van der Waals surface area contributed by atoms with Crippen LogP contribution in [0, 0.1) is 46.3 Å². The van der Waals surface area contributed by atoms with Crippen molar-refractivity contribution >= 4 is 10.1 Å². The van der Waals surface area contributed by atoms with E-state index < -0.39 is 10.1 Å². The fourth-order valence-electron chi connectivity index (χ4n) is 10.3. The fraction of sp³-hybridized carbons (Fsp3) is 1.00. The summed E-state index contributed by atoms with van der Waals surface area (Å²) in [4.78, 5) is 8.70. The first-order chi connectivity index (χ1) is 22.5. The number of ether oxygens (including phenoxy) is 3. The van der Waals surface area contributed by atoms with E-state index in [1.165, 1.54) is 0 Å². The molecule has 0 bridgehead atoms. The lowest BCUT2D eigenvalue weighted by Gasteiger charge is -2.64. The van der Waals surface area contributed by atoms with Gasteiger partial charge in [0.25, 0.3) is 10.1 Å². The zero-order chi connectivity index (χ0) is 34.1. The van der Waals surface area contributed by atoms with Crippen molar-refractivity contribution in [2.45, 2.75) is 96.9 Å². The van der Waals surface area contributed by atoms with Crippen LogP contribution in [-0.2, 0) is 28.5 Å². The number of azide groups is 3. The molecule has 15 nitrogen and oxygen atoms in total. The van der Waals surface area contributed by atoms with E-state index in [0.717, 1.165) is 57.6 Å². The number of nitrogens with zero attached hydrogens (tertiary/aromatic N) is 9. The van der Waals surface area contributed by atoms with E-state index >= 15 is 0 Å². The number of rotatable bonds is 18. The molecular weight excluding hydrogens is 626 g/mol. The molecule has 0 aliphatic heterocycles. The third-order valence-electron chi connectivity index (χ3n) is 12.3. The molecule has 4 rings (SSSR count). The second kappa shape index (κ2) is 16.9. The minimum Gasteiger partial charge on any atom is -0.378 e. The number of fused-ring (bicyclic) bond motifs is 5. The lowest BCUT2D eigenvalue weighted by atomic mass is 9.43. The van der Waals surface area contributed by atoms with E-state index in [9.17, 15) is 8.42 Å². The predicted molar refractivity (Wildman–Crippen MR) is 176 cm³/mol. The molecule has 0 aromatic carbocycles. The average molecular weight is 680 g/mol. The van der Waals surface area contributed by atoms with Crippen LogP contribution in [0.3, 0.4) is 0 Å². The standard InChI is InChI=1S/C31H53N9O6S/c1-21(6-5-14-46-47(4,41)42)24-7-8-25-29-26(20-28(31(24,25)3)45-17-13-37-40-34)30(2)10-9-23(43-15-11-35-38-32)18-22(30)19-27(29)44-16-12-36-39-33/h21-29H,5-20H2,1-4H3/t21-,22-,23+,24+,25-,26-,27+,28-,29-,30-,31+/m0/s1. The van der Waals surface area contributed by atoms with Crippen molar-refractivity contribution in [2.24, 2.45) is 61.7 Å². The maximum atomic E-state index is 11.5. The third kappa shape index (κ3) is 8.85. The Morgan fingerprint density at radius 2 is 1.47 bits per heavy atom. The summed E-state index contributed by atoms with van der Waals surface area (Å²) in [6.45, 7) is 9.37. The highest BCUT2D eigenvalue weighted by molar-refractivity contribution is 7.85. The molecular formula is C31H53N9O6S. The van der Waals surface area contributed by atoms with Gasteiger partial charge in [-0.05, 0) is 115 Å². The molecule has 47 heavy (non-hydrogen) atoms. The summed E-state index contributed by atoms with van der Waals surface area (Å²) in [5, 5.41) is 11.1. The van der Waals surface area contributed by atoms with E-state index in [1.807, 2.05) is 0 Å². The van der Waals surface area contributed by atoms with Crippen LogP contribution in [-0.4, -0.2) is 79.0 Å². The van der Waals surface area contributed by atoms with Crippen LogP contribution >= 0.6 is 0 Å². The fourth-order valence-corrected chi connectivity index (χ4v) is 10.7. The second-order valence-corrected chi connectivity index (χ2v) is 16.2. The molecule has 0 radical (unpaired) electrons. The van der Waals surface area contributed by atoms with Gasteiger partial charge in [-0.3, -0.25) is 4.18 Å². The van der Waals surface area contributed by atoms with Gasteiger partial charge < -0.3 is 14.2 Å². The van der Waals surface area contributed by atoms with E-state index in [4.69, 9.17) is 35.0 Å². The summed E-state index contributed by atoms with van der Waals surface area (Å²) in [5.41, 5.74) is 26.4. The minimum absolute atomic E-state index is 0.0135. The smallest absolute Gasteiger partial charge is 0.264 e. The van der Waals surface area contributed by atoms with Gasteiger partial charge in [-0.15, -0.1) is 0 Å². The van der Waals surface area contributed by atoms with Crippen LogP contribution in [0.2, 0.25) is 0 Å². The van der Waals surface area contributed by atoms with Gasteiger partial charge in [0, 0.05) is 39.8 Å². The normalized spacial score (nSPS) is 36.9. The first-order valence-corrected chi connectivity index (χ1v) is 19.0. The van der Waals surface area contributed by atoms with Gasteiger partial charge in [0.2, 0.25) is 0 Å². The van der Waals surface area contributed by atoms with Crippen LogP contribution in [0.15, 0.2) is 15.3 Å². The van der Waals surface area contributed by atoms with E-state index in [1.54, 1.807) is 0 Å².